The monoisotopic (exact) mass is 286 g/mol. The van der Waals surface area contributed by atoms with Gasteiger partial charge in [0.25, 0.3) is 0 Å². The highest BCUT2D eigenvalue weighted by molar-refractivity contribution is 7.88. The Morgan fingerprint density at radius 2 is 2.00 bits per heavy atom. The Balaban J connectivity index is 1.93. The fourth-order valence-corrected chi connectivity index (χ4v) is 2.05. The number of nitrogens with two attached hydrogens (primary N) is 1. The summed E-state index contributed by atoms with van der Waals surface area (Å²) >= 11 is 0. The lowest BCUT2D eigenvalue weighted by Crippen LogP contribution is -2.27. The minimum absolute atomic E-state index is 0.299. The first-order valence-corrected chi connectivity index (χ1v) is 7.91. The van der Waals surface area contributed by atoms with E-state index in [1.165, 1.54) is 0 Å². The van der Waals surface area contributed by atoms with Gasteiger partial charge in [-0.2, -0.15) is 0 Å². The predicted molar refractivity (Wildman–Crippen MR) is 73.2 cm³/mol. The number of nitrogen functional groups attached to an aromatic ring is 1. The molecule has 1 aliphatic carbocycles. The average molecular weight is 286 g/mol. The molecular weight excluding hydrogens is 268 g/mol. The first-order valence-electron chi connectivity index (χ1n) is 6.02. The number of aromatic nitrogens is 2. The highest BCUT2D eigenvalue weighted by Crippen LogP contribution is 2.38. The summed E-state index contributed by atoms with van der Waals surface area (Å²) in [6.45, 7) is 0.741. The second kappa shape index (κ2) is 5.68. The molecule has 8 nitrogen and oxygen atoms in total. The summed E-state index contributed by atoms with van der Waals surface area (Å²) in [5.74, 6) is 7.74. The Morgan fingerprint density at radius 3 is 2.58 bits per heavy atom. The van der Waals surface area contributed by atoms with Gasteiger partial charge in [-0.25, -0.2) is 29.0 Å². The molecule has 0 amide bonds. The molecule has 1 fully saturated rings. The van der Waals surface area contributed by atoms with Crippen LogP contribution in [0, 0.1) is 0 Å². The molecule has 0 radical (unpaired) electrons. The molecule has 0 bridgehead atoms. The first-order chi connectivity index (χ1) is 8.98. The lowest BCUT2D eigenvalue weighted by atomic mass is 10.4. The fourth-order valence-electron chi connectivity index (χ4n) is 1.58. The molecule has 0 spiro atoms. The second-order valence-corrected chi connectivity index (χ2v) is 6.34. The zero-order valence-electron chi connectivity index (χ0n) is 10.7. The van der Waals surface area contributed by atoms with Gasteiger partial charge in [-0.1, -0.05) is 0 Å². The van der Waals surface area contributed by atoms with E-state index in [2.05, 4.69) is 25.4 Å². The Morgan fingerprint density at radius 1 is 1.32 bits per heavy atom. The van der Waals surface area contributed by atoms with Gasteiger partial charge in [0.1, 0.15) is 17.5 Å². The maximum absolute atomic E-state index is 10.9. The van der Waals surface area contributed by atoms with Crippen LogP contribution in [0.1, 0.15) is 24.6 Å². The molecule has 106 valence electrons. The standard InChI is InChI=1S/C10H18N6O2S/c1-19(17,18)13-5-4-12-8-6-9(16-11)15-10(14-8)7-2-3-7/h6-7,13H,2-5,11H2,1H3,(H2,12,14,15,16). The summed E-state index contributed by atoms with van der Waals surface area (Å²) < 4.78 is 24.2. The number of hydrazine groups is 1. The van der Waals surface area contributed by atoms with E-state index >= 15 is 0 Å². The van der Waals surface area contributed by atoms with E-state index in [-0.39, 0.29) is 0 Å². The van der Waals surface area contributed by atoms with Gasteiger partial charge in [0.15, 0.2) is 0 Å². The van der Waals surface area contributed by atoms with Crippen LogP contribution in [0.4, 0.5) is 11.6 Å². The molecule has 1 saturated carbocycles. The number of sulfonamides is 1. The molecule has 5 N–H and O–H groups in total. The molecule has 1 aromatic heterocycles. The smallest absolute Gasteiger partial charge is 0.208 e. The molecule has 9 heteroatoms. The van der Waals surface area contributed by atoms with Crippen molar-refractivity contribution in [3.8, 4) is 0 Å². The van der Waals surface area contributed by atoms with Gasteiger partial charge >= 0.3 is 0 Å². The van der Waals surface area contributed by atoms with E-state index in [0.29, 0.717) is 30.6 Å². The van der Waals surface area contributed by atoms with Crippen molar-refractivity contribution in [2.75, 3.05) is 30.1 Å². The third kappa shape index (κ3) is 4.62. The maximum Gasteiger partial charge on any atom is 0.208 e. The van der Waals surface area contributed by atoms with Gasteiger partial charge in [0.2, 0.25) is 10.0 Å². The summed E-state index contributed by atoms with van der Waals surface area (Å²) in [5, 5.41) is 3.04. The zero-order valence-corrected chi connectivity index (χ0v) is 11.5. The van der Waals surface area contributed by atoms with Crippen molar-refractivity contribution in [1.82, 2.24) is 14.7 Å². The van der Waals surface area contributed by atoms with Gasteiger partial charge in [-0.15, -0.1) is 0 Å². The zero-order chi connectivity index (χ0) is 13.9. The Labute approximate surface area is 112 Å². The molecule has 0 atom stereocenters. The molecule has 0 unspecified atom stereocenters. The molecule has 1 heterocycles. The maximum atomic E-state index is 10.9. The third-order valence-corrected chi connectivity index (χ3v) is 3.36. The van der Waals surface area contributed by atoms with Crippen LogP contribution in [-0.4, -0.2) is 37.7 Å². The van der Waals surface area contributed by atoms with E-state index < -0.39 is 10.0 Å². The van der Waals surface area contributed by atoms with Crippen LogP contribution in [0.15, 0.2) is 6.07 Å². The number of nitrogens with zero attached hydrogens (tertiary/aromatic N) is 2. The lowest BCUT2D eigenvalue weighted by Gasteiger charge is -2.09. The van der Waals surface area contributed by atoms with Crippen molar-refractivity contribution in [3.63, 3.8) is 0 Å². The van der Waals surface area contributed by atoms with Crippen LogP contribution < -0.4 is 21.3 Å². The minimum atomic E-state index is -3.16. The number of anilines is 2. The van der Waals surface area contributed by atoms with Crippen LogP contribution in [0.5, 0.6) is 0 Å². The normalized spacial score (nSPS) is 15.3. The van der Waals surface area contributed by atoms with Gasteiger partial charge in [-0.05, 0) is 12.8 Å². The van der Waals surface area contributed by atoms with Gasteiger partial charge < -0.3 is 10.7 Å². The molecule has 2 rings (SSSR count). The highest BCUT2D eigenvalue weighted by Gasteiger charge is 2.27. The number of rotatable bonds is 7. The molecular formula is C10H18N6O2S. The molecule has 1 aromatic rings. The number of hydrogen-bond donors (Lipinski definition) is 4. The van der Waals surface area contributed by atoms with Crippen LogP contribution in [0.2, 0.25) is 0 Å². The van der Waals surface area contributed by atoms with Gasteiger partial charge in [0, 0.05) is 25.1 Å². The SMILES string of the molecule is CS(=O)(=O)NCCNc1cc(NN)nc(C2CC2)n1. The molecule has 0 aromatic carbocycles. The van der Waals surface area contributed by atoms with E-state index in [1.54, 1.807) is 6.07 Å². The van der Waals surface area contributed by atoms with Crippen molar-refractivity contribution >= 4 is 21.7 Å². The lowest BCUT2D eigenvalue weighted by molar-refractivity contribution is 0.589. The Bertz CT molecular complexity index is 543. The third-order valence-electron chi connectivity index (χ3n) is 2.63. The summed E-state index contributed by atoms with van der Waals surface area (Å²) in [6, 6.07) is 1.69. The summed E-state index contributed by atoms with van der Waals surface area (Å²) in [7, 11) is -3.16. The minimum Gasteiger partial charge on any atom is -0.369 e. The van der Waals surface area contributed by atoms with Crippen LogP contribution in [-0.2, 0) is 10.0 Å². The fraction of sp³-hybridized carbons (Fsp3) is 0.600. The van der Waals surface area contributed by atoms with Crippen molar-refractivity contribution < 1.29 is 8.42 Å². The van der Waals surface area contributed by atoms with E-state index in [1.807, 2.05) is 0 Å². The molecule has 1 aliphatic rings. The van der Waals surface area contributed by atoms with Crippen LogP contribution in [0.25, 0.3) is 0 Å². The number of hydrogen-bond acceptors (Lipinski definition) is 7. The summed E-state index contributed by atoms with van der Waals surface area (Å²) in [4.78, 5) is 8.67. The molecule has 19 heavy (non-hydrogen) atoms. The van der Waals surface area contributed by atoms with Crippen molar-refractivity contribution in [2.45, 2.75) is 18.8 Å². The van der Waals surface area contributed by atoms with Crippen LogP contribution in [0.3, 0.4) is 0 Å². The van der Waals surface area contributed by atoms with Gasteiger partial charge in [-0.3, -0.25) is 0 Å². The first kappa shape index (κ1) is 14.0. The largest absolute Gasteiger partial charge is 0.369 e. The van der Waals surface area contributed by atoms with E-state index in [9.17, 15) is 8.42 Å². The van der Waals surface area contributed by atoms with E-state index in [0.717, 1.165) is 24.9 Å². The summed E-state index contributed by atoms with van der Waals surface area (Å²) in [5.41, 5.74) is 2.50. The quantitative estimate of drug-likeness (QED) is 0.305. The average Bonchev–Trinajstić information content (AvgIpc) is 3.17. The second-order valence-electron chi connectivity index (χ2n) is 4.51. The van der Waals surface area contributed by atoms with Crippen molar-refractivity contribution in [3.05, 3.63) is 11.9 Å². The predicted octanol–water partition coefficient (Wildman–Crippen LogP) is -0.399. The van der Waals surface area contributed by atoms with Crippen molar-refractivity contribution in [2.24, 2.45) is 5.84 Å². The van der Waals surface area contributed by atoms with E-state index in [4.69, 9.17) is 5.84 Å². The van der Waals surface area contributed by atoms with Crippen molar-refractivity contribution in [1.29, 1.82) is 0 Å². The highest BCUT2D eigenvalue weighted by atomic mass is 32.2. The Hall–Kier alpha value is -1.45. The number of nitrogens with one attached hydrogen (secondary N) is 3. The van der Waals surface area contributed by atoms with Crippen LogP contribution >= 0.6 is 0 Å². The topological polar surface area (TPSA) is 122 Å². The molecule has 0 saturated heterocycles. The van der Waals surface area contributed by atoms with Gasteiger partial charge in [0.05, 0.1) is 6.26 Å². The molecule has 0 aliphatic heterocycles. The Kier molecular flexibility index (Phi) is 4.17. The summed E-state index contributed by atoms with van der Waals surface area (Å²) in [6.07, 6.45) is 3.32.